The maximum atomic E-state index is 12.5. The molecule has 1 aromatic carbocycles. The van der Waals surface area contributed by atoms with Crippen molar-refractivity contribution in [1.82, 2.24) is 15.1 Å². The molecule has 0 radical (unpaired) electrons. The van der Waals surface area contributed by atoms with Crippen LogP contribution in [0.3, 0.4) is 0 Å². The molecule has 28 heavy (non-hydrogen) atoms. The van der Waals surface area contributed by atoms with Crippen molar-refractivity contribution in [2.75, 3.05) is 26.2 Å². The zero-order valence-corrected chi connectivity index (χ0v) is 17.1. The Kier molecular flexibility index (Phi) is 6.94. The number of hydrogen-bond donors (Lipinski definition) is 2. The standard InChI is InChI=1S/C22H33N3O3/c1-16-4-3-9-24(12-16)14-19-7-5-18(6-8-19)11-23-22(28)25-13-17(2)10-20(15-25)21(26)27/h5-8,16-17,20H,3-4,9-15H2,1-2H3,(H,23,28)(H,26,27). The number of nitrogens with one attached hydrogen (secondary N) is 1. The van der Waals surface area contributed by atoms with Crippen LogP contribution in [0.5, 0.6) is 0 Å². The van der Waals surface area contributed by atoms with Crippen LogP contribution in [0, 0.1) is 17.8 Å². The van der Waals surface area contributed by atoms with Gasteiger partial charge < -0.3 is 15.3 Å². The molecular weight excluding hydrogens is 354 g/mol. The van der Waals surface area contributed by atoms with Crippen LogP contribution in [0.4, 0.5) is 4.79 Å². The van der Waals surface area contributed by atoms with E-state index >= 15 is 0 Å². The van der Waals surface area contributed by atoms with Gasteiger partial charge in [0.05, 0.1) is 5.92 Å². The third-order valence-corrected chi connectivity index (χ3v) is 5.91. The van der Waals surface area contributed by atoms with Gasteiger partial charge in [0.25, 0.3) is 0 Å². The SMILES string of the molecule is CC1CCCN(Cc2ccc(CNC(=O)N3CC(C)CC(C(=O)O)C3)cc2)C1. The Morgan fingerprint density at radius 2 is 1.79 bits per heavy atom. The highest BCUT2D eigenvalue weighted by Crippen LogP contribution is 2.22. The minimum absolute atomic E-state index is 0.177. The summed E-state index contributed by atoms with van der Waals surface area (Å²) in [5.74, 6) is -0.298. The molecule has 0 saturated carbocycles. The third-order valence-electron chi connectivity index (χ3n) is 5.91. The number of urea groups is 1. The number of carbonyl (C=O) groups excluding carboxylic acids is 1. The number of hydrogen-bond acceptors (Lipinski definition) is 3. The first kappa shape index (κ1) is 20.6. The lowest BCUT2D eigenvalue weighted by Crippen LogP contribution is -2.49. The largest absolute Gasteiger partial charge is 0.481 e. The molecule has 2 amide bonds. The average Bonchev–Trinajstić information content (AvgIpc) is 2.66. The highest BCUT2D eigenvalue weighted by molar-refractivity contribution is 5.76. The molecule has 2 N–H and O–H groups in total. The van der Waals surface area contributed by atoms with Crippen molar-refractivity contribution in [1.29, 1.82) is 0 Å². The van der Waals surface area contributed by atoms with Crippen molar-refractivity contribution >= 4 is 12.0 Å². The zero-order valence-electron chi connectivity index (χ0n) is 17.1. The van der Waals surface area contributed by atoms with E-state index < -0.39 is 11.9 Å². The van der Waals surface area contributed by atoms with Crippen molar-refractivity contribution in [3.63, 3.8) is 0 Å². The molecule has 6 nitrogen and oxygen atoms in total. The van der Waals surface area contributed by atoms with Crippen molar-refractivity contribution < 1.29 is 14.7 Å². The van der Waals surface area contributed by atoms with E-state index in [0.29, 0.717) is 26.1 Å². The molecule has 0 spiro atoms. The molecule has 0 aliphatic carbocycles. The summed E-state index contributed by atoms with van der Waals surface area (Å²) in [5.41, 5.74) is 2.36. The van der Waals surface area contributed by atoms with Gasteiger partial charge in [-0.05, 0) is 48.8 Å². The predicted octanol–water partition coefficient (Wildman–Crippen LogP) is 3.17. The van der Waals surface area contributed by atoms with E-state index in [1.807, 2.05) is 6.92 Å². The highest BCUT2D eigenvalue weighted by atomic mass is 16.4. The number of nitrogens with zero attached hydrogens (tertiary/aromatic N) is 2. The molecule has 2 aliphatic rings. The van der Waals surface area contributed by atoms with Gasteiger partial charge in [-0.15, -0.1) is 0 Å². The smallest absolute Gasteiger partial charge is 0.317 e. The monoisotopic (exact) mass is 387 g/mol. The first-order chi connectivity index (χ1) is 13.4. The number of benzene rings is 1. The molecule has 2 aliphatic heterocycles. The first-order valence-corrected chi connectivity index (χ1v) is 10.5. The van der Waals surface area contributed by atoms with Gasteiger partial charge in [-0.25, -0.2) is 4.79 Å². The Balaban J connectivity index is 1.47. The number of carbonyl (C=O) groups is 2. The lowest BCUT2D eigenvalue weighted by atomic mass is 9.91. The maximum Gasteiger partial charge on any atom is 0.317 e. The first-order valence-electron chi connectivity index (χ1n) is 10.5. The van der Waals surface area contributed by atoms with Gasteiger partial charge in [0.1, 0.15) is 0 Å². The van der Waals surface area contributed by atoms with E-state index in [4.69, 9.17) is 0 Å². The van der Waals surface area contributed by atoms with E-state index in [1.165, 1.54) is 31.5 Å². The number of likely N-dealkylation sites (tertiary alicyclic amines) is 2. The number of rotatable bonds is 5. The van der Waals surface area contributed by atoms with Crippen molar-refractivity contribution in [3.05, 3.63) is 35.4 Å². The van der Waals surface area contributed by atoms with E-state index in [-0.39, 0.29) is 11.9 Å². The molecule has 6 heteroatoms. The summed E-state index contributed by atoms with van der Waals surface area (Å²) in [5, 5.41) is 12.2. The summed E-state index contributed by atoms with van der Waals surface area (Å²) in [7, 11) is 0. The maximum absolute atomic E-state index is 12.5. The topological polar surface area (TPSA) is 72.9 Å². The fraction of sp³-hybridized carbons (Fsp3) is 0.636. The van der Waals surface area contributed by atoms with E-state index in [9.17, 15) is 14.7 Å². The number of piperidine rings is 2. The van der Waals surface area contributed by atoms with Gasteiger partial charge in [-0.1, -0.05) is 38.1 Å². The minimum Gasteiger partial charge on any atom is -0.481 e. The summed E-state index contributed by atoms with van der Waals surface area (Å²) in [6.07, 6.45) is 3.25. The quantitative estimate of drug-likeness (QED) is 0.814. The average molecular weight is 388 g/mol. The Morgan fingerprint density at radius 3 is 2.46 bits per heavy atom. The van der Waals surface area contributed by atoms with Gasteiger partial charge in [-0.3, -0.25) is 9.69 Å². The van der Waals surface area contributed by atoms with Crippen LogP contribution in [0.15, 0.2) is 24.3 Å². The Hall–Kier alpha value is -2.08. The summed E-state index contributed by atoms with van der Waals surface area (Å²) >= 11 is 0. The molecule has 2 fully saturated rings. The normalized spacial score (nSPS) is 26.1. The predicted molar refractivity (Wildman–Crippen MR) is 109 cm³/mol. The number of carboxylic acid groups (broad SMARTS) is 1. The second-order valence-corrected chi connectivity index (χ2v) is 8.74. The van der Waals surface area contributed by atoms with Gasteiger partial charge >= 0.3 is 12.0 Å². The summed E-state index contributed by atoms with van der Waals surface area (Å²) in [4.78, 5) is 27.9. The summed E-state index contributed by atoms with van der Waals surface area (Å²) in [6.45, 7) is 9.01. The highest BCUT2D eigenvalue weighted by Gasteiger charge is 2.31. The van der Waals surface area contributed by atoms with Crippen LogP contribution in [-0.2, 0) is 17.9 Å². The molecular formula is C22H33N3O3. The van der Waals surface area contributed by atoms with Crippen LogP contribution >= 0.6 is 0 Å². The lowest BCUT2D eigenvalue weighted by Gasteiger charge is -2.34. The Labute approximate surface area is 167 Å². The summed E-state index contributed by atoms with van der Waals surface area (Å²) < 4.78 is 0. The fourth-order valence-corrected chi connectivity index (χ4v) is 4.44. The van der Waals surface area contributed by atoms with Crippen molar-refractivity contribution in [2.45, 2.75) is 46.2 Å². The van der Waals surface area contributed by atoms with Crippen molar-refractivity contribution in [3.8, 4) is 0 Å². The lowest BCUT2D eigenvalue weighted by molar-refractivity contribution is -0.143. The van der Waals surface area contributed by atoms with Gasteiger partial charge in [0.15, 0.2) is 0 Å². The van der Waals surface area contributed by atoms with E-state index in [1.54, 1.807) is 4.90 Å². The van der Waals surface area contributed by atoms with Crippen LogP contribution in [0.2, 0.25) is 0 Å². The number of aliphatic carboxylic acids is 1. The molecule has 3 unspecified atom stereocenters. The molecule has 3 rings (SSSR count). The van der Waals surface area contributed by atoms with Crippen LogP contribution in [0.25, 0.3) is 0 Å². The zero-order chi connectivity index (χ0) is 20.1. The molecule has 0 bridgehead atoms. The molecule has 1 aromatic rings. The molecule has 2 saturated heterocycles. The number of amides is 2. The second kappa shape index (κ2) is 9.41. The van der Waals surface area contributed by atoms with Crippen LogP contribution in [0.1, 0.15) is 44.2 Å². The Bertz CT molecular complexity index is 676. The summed E-state index contributed by atoms with van der Waals surface area (Å²) in [6, 6.07) is 8.25. The van der Waals surface area contributed by atoms with E-state index in [0.717, 1.165) is 18.0 Å². The van der Waals surface area contributed by atoms with Crippen molar-refractivity contribution in [2.24, 2.45) is 17.8 Å². The molecule has 3 atom stereocenters. The molecule has 2 heterocycles. The third kappa shape index (κ3) is 5.71. The molecule has 154 valence electrons. The minimum atomic E-state index is -0.817. The van der Waals surface area contributed by atoms with Crippen LogP contribution < -0.4 is 5.32 Å². The fourth-order valence-electron chi connectivity index (χ4n) is 4.44. The molecule has 0 aromatic heterocycles. The van der Waals surface area contributed by atoms with Gasteiger partial charge in [0, 0.05) is 32.7 Å². The van der Waals surface area contributed by atoms with E-state index in [2.05, 4.69) is 41.4 Å². The van der Waals surface area contributed by atoms with Gasteiger partial charge in [0.2, 0.25) is 0 Å². The number of carboxylic acids is 1. The Morgan fingerprint density at radius 1 is 1.07 bits per heavy atom. The van der Waals surface area contributed by atoms with Crippen LogP contribution in [-0.4, -0.2) is 53.1 Å². The second-order valence-electron chi connectivity index (χ2n) is 8.74. The van der Waals surface area contributed by atoms with Gasteiger partial charge in [-0.2, -0.15) is 0 Å².